The summed E-state index contributed by atoms with van der Waals surface area (Å²) in [4.78, 5) is 0. The van der Waals surface area contributed by atoms with Gasteiger partial charge in [0.15, 0.2) is 0 Å². The molecule has 0 heterocycles. The molecule has 10 heavy (non-hydrogen) atoms. The monoisotopic (exact) mass is 212 g/mol. The van der Waals surface area contributed by atoms with Crippen molar-refractivity contribution in [2.45, 2.75) is 25.0 Å². The molecule has 0 fully saturated rings. The first-order valence-corrected chi connectivity index (χ1v) is 4.37. The van der Waals surface area contributed by atoms with Crippen molar-refractivity contribution in [3.8, 4) is 0 Å². The van der Waals surface area contributed by atoms with Crippen molar-refractivity contribution in [1.29, 1.82) is 0 Å². The van der Waals surface area contributed by atoms with Gasteiger partial charge in [-0.3, -0.25) is 0 Å². The normalized spacial score (nSPS) is 16.8. The highest BCUT2D eigenvalue weighted by molar-refractivity contribution is 9.09. The summed E-state index contributed by atoms with van der Waals surface area (Å²) in [5.74, 6) is 0. The number of rotatable bonds is 5. The maximum Gasteiger partial charge on any atom is 0.0895 e. The van der Waals surface area contributed by atoms with Gasteiger partial charge >= 0.3 is 0 Å². The van der Waals surface area contributed by atoms with Gasteiger partial charge in [0.05, 0.1) is 12.2 Å². The van der Waals surface area contributed by atoms with E-state index in [0.717, 1.165) is 0 Å². The smallest absolute Gasteiger partial charge is 0.0895 e. The summed E-state index contributed by atoms with van der Waals surface area (Å²) < 4.78 is 0. The Morgan fingerprint density at radius 2 is 1.80 bits per heavy atom. The van der Waals surface area contributed by atoms with Crippen molar-refractivity contribution >= 4 is 15.9 Å². The van der Waals surface area contributed by atoms with Crippen LogP contribution in [-0.2, 0) is 0 Å². The summed E-state index contributed by atoms with van der Waals surface area (Å²) in [6.07, 6.45) is -0.452. The predicted octanol–water partition coefficient (Wildman–Crippen LogP) is -0.124. The predicted molar refractivity (Wildman–Crippen MR) is 42.1 cm³/mol. The summed E-state index contributed by atoms with van der Waals surface area (Å²) in [7, 11) is 0. The van der Waals surface area contributed by atoms with Crippen molar-refractivity contribution in [3.63, 3.8) is 0 Å². The second kappa shape index (κ2) is 6.09. The lowest BCUT2D eigenvalue weighted by molar-refractivity contribution is 0.0258. The van der Waals surface area contributed by atoms with E-state index in [4.69, 9.17) is 15.3 Å². The third-order valence-electron chi connectivity index (χ3n) is 1.26. The van der Waals surface area contributed by atoms with E-state index in [2.05, 4.69) is 15.9 Å². The van der Waals surface area contributed by atoms with Crippen LogP contribution in [0, 0.1) is 0 Å². The summed E-state index contributed by atoms with van der Waals surface area (Å²) in [6, 6.07) is 0. The molecular formula is C6H13BrO3. The Bertz CT molecular complexity index is 79.4. The first kappa shape index (κ1) is 10.4. The summed E-state index contributed by atoms with van der Waals surface area (Å²) in [5, 5.41) is 26.8. The van der Waals surface area contributed by atoms with Gasteiger partial charge in [-0.05, 0) is 12.8 Å². The number of hydrogen-bond acceptors (Lipinski definition) is 3. The highest BCUT2D eigenvalue weighted by Gasteiger charge is 2.13. The molecule has 0 aliphatic carbocycles. The Morgan fingerprint density at radius 3 is 2.20 bits per heavy atom. The average Bonchev–Trinajstić information content (AvgIpc) is 1.98. The van der Waals surface area contributed by atoms with Gasteiger partial charge in [-0.2, -0.15) is 0 Å². The summed E-state index contributed by atoms with van der Waals surface area (Å²) in [6.45, 7) is 0.0616. The summed E-state index contributed by atoms with van der Waals surface area (Å²) >= 11 is 3.03. The van der Waals surface area contributed by atoms with Crippen LogP contribution in [0.2, 0.25) is 0 Å². The topological polar surface area (TPSA) is 60.7 Å². The van der Waals surface area contributed by atoms with Crippen molar-refractivity contribution in [2.75, 3.05) is 11.9 Å². The van der Waals surface area contributed by atoms with Crippen molar-refractivity contribution in [3.05, 3.63) is 0 Å². The first-order valence-electron chi connectivity index (χ1n) is 3.25. The Hall–Kier alpha value is 0.360. The van der Waals surface area contributed by atoms with Gasteiger partial charge in [-0.25, -0.2) is 0 Å². The van der Waals surface area contributed by atoms with Crippen molar-refractivity contribution < 1.29 is 15.3 Å². The van der Waals surface area contributed by atoms with Gasteiger partial charge in [-0.15, -0.1) is 0 Å². The molecule has 0 spiro atoms. The molecule has 0 aromatic carbocycles. The van der Waals surface area contributed by atoms with Crippen LogP contribution in [0.4, 0.5) is 0 Å². The lowest BCUT2D eigenvalue weighted by Crippen LogP contribution is -2.27. The van der Waals surface area contributed by atoms with Crippen LogP contribution in [0.5, 0.6) is 0 Å². The molecule has 0 rings (SSSR count). The number of halogens is 1. The van der Waals surface area contributed by atoms with E-state index in [1.807, 2.05) is 0 Å². The fourth-order valence-corrected chi connectivity index (χ4v) is 1.03. The Kier molecular flexibility index (Phi) is 6.31. The molecule has 0 saturated heterocycles. The fraction of sp³-hybridized carbons (Fsp3) is 1.00. The van der Waals surface area contributed by atoms with E-state index in [-0.39, 0.29) is 6.61 Å². The molecule has 4 heteroatoms. The van der Waals surface area contributed by atoms with Crippen LogP contribution in [0.15, 0.2) is 0 Å². The van der Waals surface area contributed by atoms with Gasteiger partial charge in [0, 0.05) is 11.9 Å². The molecule has 0 saturated carbocycles. The molecular weight excluding hydrogens is 200 g/mol. The molecule has 0 aliphatic rings. The van der Waals surface area contributed by atoms with Gasteiger partial charge < -0.3 is 15.3 Å². The molecule has 0 aromatic heterocycles. The minimum atomic E-state index is -0.716. The zero-order valence-electron chi connectivity index (χ0n) is 5.70. The van der Waals surface area contributed by atoms with Gasteiger partial charge in [0.1, 0.15) is 0 Å². The molecule has 0 aromatic rings. The quantitative estimate of drug-likeness (QED) is 0.558. The number of aliphatic hydroxyl groups excluding tert-OH is 3. The van der Waals surface area contributed by atoms with E-state index in [1.54, 1.807) is 0 Å². The fourth-order valence-electron chi connectivity index (χ4n) is 0.596. The van der Waals surface area contributed by atoms with E-state index in [9.17, 15) is 0 Å². The zero-order chi connectivity index (χ0) is 7.98. The van der Waals surface area contributed by atoms with E-state index in [1.165, 1.54) is 0 Å². The zero-order valence-corrected chi connectivity index (χ0v) is 7.29. The van der Waals surface area contributed by atoms with Crippen LogP contribution in [0.3, 0.4) is 0 Å². The largest absolute Gasteiger partial charge is 0.396 e. The number of alkyl halides is 1. The minimum absolute atomic E-state index is 0.0616. The lowest BCUT2D eigenvalue weighted by atomic mass is 10.1. The van der Waals surface area contributed by atoms with Gasteiger partial charge in [0.25, 0.3) is 0 Å². The molecule has 2 atom stereocenters. The maximum atomic E-state index is 9.06. The SMILES string of the molecule is OCCCC(O)C(O)CBr. The van der Waals surface area contributed by atoms with E-state index < -0.39 is 12.2 Å². The highest BCUT2D eigenvalue weighted by atomic mass is 79.9. The molecule has 62 valence electrons. The first-order chi connectivity index (χ1) is 4.72. The van der Waals surface area contributed by atoms with Crippen LogP contribution >= 0.6 is 15.9 Å². The van der Waals surface area contributed by atoms with Crippen LogP contribution in [0.25, 0.3) is 0 Å². The molecule has 0 radical (unpaired) electrons. The molecule has 0 amide bonds. The number of aliphatic hydroxyl groups is 3. The highest BCUT2D eigenvalue weighted by Crippen LogP contribution is 2.04. The Balaban J connectivity index is 3.31. The molecule has 3 nitrogen and oxygen atoms in total. The van der Waals surface area contributed by atoms with E-state index in [0.29, 0.717) is 18.2 Å². The third kappa shape index (κ3) is 4.22. The molecule has 3 N–H and O–H groups in total. The van der Waals surface area contributed by atoms with Crippen LogP contribution in [0.1, 0.15) is 12.8 Å². The Morgan fingerprint density at radius 1 is 1.20 bits per heavy atom. The minimum Gasteiger partial charge on any atom is -0.396 e. The third-order valence-corrected chi connectivity index (χ3v) is 1.92. The van der Waals surface area contributed by atoms with Crippen molar-refractivity contribution in [2.24, 2.45) is 0 Å². The van der Waals surface area contributed by atoms with Crippen LogP contribution < -0.4 is 0 Å². The standard InChI is InChI=1S/C6H13BrO3/c7-4-6(10)5(9)2-1-3-8/h5-6,8-10H,1-4H2. The van der Waals surface area contributed by atoms with Gasteiger partial charge in [-0.1, -0.05) is 15.9 Å². The second-order valence-electron chi connectivity index (χ2n) is 2.15. The van der Waals surface area contributed by atoms with E-state index >= 15 is 0 Å². The maximum absolute atomic E-state index is 9.06. The number of hydrogen-bond donors (Lipinski definition) is 3. The second-order valence-corrected chi connectivity index (χ2v) is 2.80. The average molecular weight is 213 g/mol. The molecule has 0 aliphatic heterocycles. The lowest BCUT2D eigenvalue weighted by Gasteiger charge is -2.13. The van der Waals surface area contributed by atoms with Gasteiger partial charge in [0.2, 0.25) is 0 Å². The Labute approximate surface area is 68.8 Å². The molecule has 2 unspecified atom stereocenters. The van der Waals surface area contributed by atoms with Crippen LogP contribution in [-0.4, -0.2) is 39.5 Å². The summed E-state index contributed by atoms with van der Waals surface area (Å²) in [5.41, 5.74) is 0. The van der Waals surface area contributed by atoms with Crippen molar-refractivity contribution in [1.82, 2.24) is 0 Å². The molecule has 0 bridgehead atoms.